The van der Waals surface area contributed by atoms with Crippen LogP contribution in [-0.2, 0) is 0 Å². The number of hydrogen-bond acceptors (Lipinski definition) is 4. The molecule has 1 aliphatic rings. The Morgan fingerprint density at radius 2 is 1.81 bits per heavy atom. The largest absolute Gasteiger partial charge is 0.374 e. The maximum atomic E-state index is 10.5. The summed E-state index contributed by atoms with van der Waals surface area (Å²) in [5.41, 5.74) is 0.768. The molecule has 1 N–H and O–H groups in total. The molecule has 0 aromatic heterocycles. The molecule has 86 valence electrons. The molecule has 0 saturated carbocycles. The molecule has 1 atom stereocenters. The van der Waals surface area contributed by atoms with E-state index in [1.54, 1.807) is 12.1 Å². The number of non-ortho nitro benzene ring substituents is 1. The summed E-state index contributed by atoms with van der Waals surface area (Å²) in [6.07, 6.45) is 1.57. The molecule has 0 amide bonds. The monoisotopic (exact) mass is 222 g/mol. The molecule has 1 heterocycles. The molecule has 1 aromatic carbocycles. The normalized spacial score (nSPS) is 18.6. The van der Waals surface area contributed by atoms with Crippen LogP contribution in [0.4, 0.5) is 5.69 Å². The first-order valence-corrected chi connectivity index (χ1v) is 5.35. The summed E-state index contributed by atoms with van der Waals surface area (Å²) in [5.74, 6) is 0. The summed E-state index contributed by atoms with van der Waals surface area (Å²) in [5, 5.41) is 20.5. The van der Waals surface area contributed by atoms with Gasteiger partial charge >= 0.3 is 0 Å². The number of benzene rings is 1. The van der Waals surface area contributed by atoms with Crippen LogP contribution in [0.5, 0.6) is 0 Å². The van der Waals surface area contributed by atoms with Crippen molar-refractivity contribution < 1.29 is 10.0 Å². The lowest BCUT2D eigenvalue weighted by molar-refractivity contribution is -0.384. The van der Waals surface area contributed by atoms with E-state index in [-0.39, 0.29) is 5.69 Å². The van der Waals surface area contributed by atoms with Crippen LogP contribution in [0.15, 0.2) is 24.3 Å². The van der Waals surface area contributed by atoms with Crippen molar-refractivity contribution in [3.8, 4) is 0 Å². The molecular formula is C11H14N2O3. The zero-order valence-corrected chi connectivity index (χ0v) is 8.87. The van der Waals surface area contributed by atoms with E-state index in [4.69, 9.17) is 0 Å². The summed E-state index contributed by atoms with van der Waals surface area (Å²) in [6, 6.07) is 6.07. The second kappa shape index (κ2) is 4.59. The Balaban J connectivity index is 2.11. The van der Waals surface area contributed by atoms with E-state index in [0.717, 1.165) is 25.9 Å². The first-order valence-electron chi connectivity index (χ1n) is 5.35. The average Bonchev–Trinajstić information content (AvgIpc) is 2.81. The molecule has 0 bridgehead atoms. The number of rotatable bonds is 3. The van der Waals surface area contributed by atoms with Gasteiger partial charge < -0.3 is 5.11 Å². The maximum Gasteiger partial charge on any atom is 0.269 e. The zero-order valence-electron chi connectivity index (χ0n) is 8.87. The molecule has 16 heavy (non-hydrogen) atoms. The van der Waals surface area contributed by atoms with Crippen LogP contribution < -0.4 is 0 Å². The molecule has 0 radical (unpaired) electrons. The van der Waals surface area contributed by atoms with E-state index in [0.29, 0.717) is 5.56 Å². The third kappa shape index (κ3) is 2.20. The molecule has 1 aromatic rings. The number of nitro groups is 1. The quantitative estimate of drug-likeness (QED) is 0.624. The Morgan fingerprint density at radius 1 is 1.25 bits per heavy atom. The van der Waals surface area contributed by atoms with Crippen molar-refractivity contribution >= 4 is 5.69 Å². The molecule has 1 aliphatic heterocycles. The van der Waals surface area contributed by atoms with Gasteiger partial charge in [-0.15, -0.1) is 0 Å². The van der Waals surface area contributed by atoms with E-state index in [1.165, 1.54) is 12.1 Å². The highest BCUT2D eigenvalue weighted by Crippen LogP contribution is 2.24. The Hall–Kier alpha value is -1.46. The number of likely N-dealkylation sites (tertiary alicyclic amines) is 1. The number of nitro benzene ring substituents is 1. The predicted molar refractivity (Wildman–Crippen MR) is 58.9 cm³/mol. The number of hydrogen-bond donors (Lipinski definition) is 1. The summed E-state index contributed by atoms with van der Waals surface area (Å²) in [4.78, 5) is 12.0. The van der Waals surface area contributed by atoms with Gasteiger partial charge in [-0.2, -0.15) is 0 Å². The minimum absolute atomic E-state index is 0.0531. The van der Waals surface area contributed by atoms with Crippen LogP contribution in [-0.4, -0.2) is 28.0 Å². The average molecular weight is 222 g/mol. The molecule has 0 aliphatic carbocycles. The van der Waals surface area contributed by atoms with Gasteiger partial charge in [0.2, 0.25) is 0 Å². The van der Waals surface area contributed by atoms with E-state index in [1.807, 2.05) is 4.90 Å². The third-order valence-electron chi connectivity index (χ3n) is 2.89. The molecule has 5 nitrogen and oxygen atoms in total. The van der Waals surface area contributed by atoms with E-state index in [2.05, 4.69) is 0 Å². The zero-order chi connectivity index (χ0) is 11.5. The highest BCUT2D eigenvalue weighted by Gasteiger charge is 2.21. The smallest absolute Gasteiger partial charge is 0.269 e. The van der Waals surface area contributed by atoms with Crippen LogP contribution in [0.25, 0.3) is 0 Å². The predicted octanol–water partition coefficient (Wildman–Crippen LogP) is 1.68. The van der Waals surface area contributed by atoms with Crippen molar-refractivity contribution in [2.24, 2.45) is 0 Å². The Labute approximate surface area is 93.5 Å². The van der Waals surface area contributed by atoms with Crippen LogP contribution in [0, 0.1) is 10.1 Å². The van der Waals surface area contributed by atoms with E-state index < -0.39 is 11.2 Å². The fraction of sp³-hybridized carbons (Fsp3) is 0.455. The maximum absolute atomic E-state index is 10.5. The standard InChI is InChI=1S/C11H14N2O3/c14-11(12-7-1-2-8-12)9-3-5-10(6-4-9)13(15)16/h3-6,11,14H,1-2,7-8H2. The van der Waals surface area contributed by atoms with Gasteiger partial charge in [-0.3, -0.25) is 15.0 Å². The van der Waals surface area contributed by atoms with Gasteiger partial charge in [0.1, 0.15) is 6.23 Å². The van der Waals surface area contributed by atoms with Gasteiger partial charge in [0, 0.05) is 25.2 Å². The lowest BCUT2D eigenvalue weighted by Gasteiger charge is -2.22. The summed E-state index contributed by atoms with van der Waals surface area (Å²) < 4.78 is 0. The second-order valence-corrected chi connectivity index (χ2v) is 3.97. The molecule has 5 heteroatoms. The highest BCUT2D eigenvalue weighted by molar-refractivity contribution is 5.33. The topological polar surface area (TPSA) is 66.6 Å². The van der Waals surface area contributed by atoms with Gasteiger partial charge in [0.25, 0.3) is 5.69 Å². The van der Waals surface area contributed by atoms with Crippen LogP contribution in [0.1, 0.15) is 24.6 Å². The van der Waals surface area contributed by atoms with Gasteiger partial charge in [-0.1, -0.05) is 0 Å². The van der Waals surface area contributed by atoms with Gasteiger partial charge in [-0.05, 0) is 30.5 Å². The first-order chi connectivity index (χ1) is 7.68. The minimum Gasteiger partial charge on any atom is -0.374 e. The molecule has 2 rings (SSSR count). The van der Waals surface area contributed by atoms with Crippen molar-refractivity contribution in [1.82, 2.24) is 4.90 Å². The first kappa shape index (κ1) is 11.0. The van der Waals surface area contributed by atoms with Crippen molar-refractivity contribution in [3.63, 3.8) is 0 Å². The van der Waals surface area contributed by atoms with Crippen molar-refractivity contribution in [2.45, 2.75) is 19.1 Å². The fourth-order valence-electron chi connectivity index (χ4n) is 1.97. The summed E-state index contributed by atoms with van der Waals surface area (Å²) in [7, 11) is 0. The van der Waals surface area contributed by atoms with Crippen molar-refractivity contribution in [3.05, 3.63) is 39.9 Å². The van der Waals surface area contributed by atoms with Crippen LogP contribution in [0.3, 0.4) is 0 Å². The van der Waals surface area contributed by atoms with Crippen LogP contribution in [0.2, 0.25) is 0 Å². The van der Waals surface area contributed by atoms with Gasteiger partial charge in [0.05, 0.1) is 4.92 Å². The number of nitrogens with zero attached hydrogens (tertiary/aromatic N) is 2. The lowest BCUT2D eigenvalue weighted by atomic mass is 10.1. The molecule has 1 fully saturated rings. The summed E-state index contributed by atoms with van der Waals surface area (Å²) in [6.45, 7) is 1.77. The Kier molecular flexibility index (Phi) is 3.17. The number of aliphatic hydroxyl groups is 1. The van der Waals surface area contributed by atoms with Crippen molar-refractivity contribution in [2.75, 3.05) is 13.1 Å². The third-order valence-corrected chi connectivity index (χ3v) is 2.89. The Bertz CT molecular complexity index is 371. The lowest BCUT2D eigenvalue weighted by Crippen LogP contribution is -2.25. The van der Waals surface area contributed by atoms with E-state index in [9.17, 15) is 15.2 Å². The molecule has 1 saturated heterocycles. The fourth-order valence-corrected chi connectivity index (χ4v) is 1.97. The molecule has 0 spiro atoms. The number of aliphatic hydroxyl groups excluding tert-OH is 1. The van der Waals surface area contributed by atoms with Crippen molar-refractivity contribution in [1.29, 1.82) is 0 Å². The van der Waals surface area contributed by atoms with Gasteiger partial charge in [-0.25, -0.2) is 0 Å². The molecule has 1 unspecified atom stereocenters. The summed E-state index contributed by atoms with van der Waals surface area (Å²) >= 11 is 0. The van der Waals surface area contributed by atoms with Gasteiger partial charge in [0.15, 0.2) is 0 Å². The minimum atomic E-state index is -0.636. The Morgan fingerprint density at radius 3 is 2.31 bits per heavy atom. The highest BCUT2D eigenvalue weighted by atomic mass is 16.6. The molecular weight excluding hydrogens is 208 g/mol. The van der Waals surface area contributed by atoms with E-state index >= 15 is 0 Å². The van der Waals surface area contributed by atoms with Crippen LogP contribution >= 0.6 is 0 Å². The second-order valence-electron chi connectivity index (χ2n) is 3.97. The SMILES string of the molecule is O=[N+]([O-])c1ccc(C(O)N2CCCC2)cc1.